The highest BCUT2D eigenvalue weighted by Gasteiger charge is 2.39. The molecule has 2 aliphatic rings. The van der Waals surface area contributed by atoms with Crippen molar-refractivity contribution in [3.05, 3.63) is 27.4 Å². The molecule has 0 radical (unpaired) electrons. The number of H-pyrrole nitrogens is 1. The number of aromatic nitrogens is 2. The molecule has 0 atom stereocenters. The Morgan fingerprint density at radius 3 is 2.86 bits per heavy atom. The average molecular weight is 291 g/mol. The molecule has 3 rings (SSSR count). The highest BCUT2D eigenvalue weighted by atomic mass is 16.5. The molecule has 2 N–H and O–H groups in total. The summed E-state index contributed by atoms with van der Waals surface area (Å²) >= 11 is 0. The first-order chi connectivity index (χ1) is 10.1. The normalized spacial score (nSPS) is 29.1. The van der Waals surface area contributed by atoms with Gasteiger partial charge in [-0.3, -0.25) is 4.79 Å². The Labute approximate surface area is 125 Å². The fraction of sp³-hybridized carbons (Fsp3) is 0.750. The highest BCUT2D eigenvalue weighted by Crippen LogP contribution is 2.40. The van der Waals surface area contributed by atoms with Crippen molar-refractivity contribution < 1.29 is 4.74 Å². The number of nitrogens with one attached hydrogen (secondary N) is 2. The zero-order valence-corrected chi connectivity index (χ0v) is 13.0. The lowest BCUT2D eigenvalue weighted by molar-refractivity contribution is -0.0840. The second-order valence-electron chi connectivity index (χ2n) is 6.38. The van der Waals surface area contributed by atoms with Crippen molar-refractivity contribution in [3.8, 4) is 0 Å². The molecule has 1 saturated carbocycles. The van der Waals surface area contributed by atoms with Crippen molar-refractivity contribution in [2.24, 2.45) is 5.92 Å². The van der Waals surface area contributed by atoms with Crippen LogP contribution >= 0.6 is 0 Å². The zero-order valence-electron chi connectivity index (χ0n) is 13.0. The fourth-order valence-electron chi connectivity index (χ4n) is 3.54. The molecule has 1 aliphatic carbocycles. The Bertz CT molecular complexity index is 559. The standard InChI is InChI=1S/C16H25N3O2/c1-3-21-16(7-4-11(2)5-8-16)15-18-13-10-17-9-6-12(13)14(20)19-15/h11,17H,3-10H2,1-2H3,(H,18,19,20). The molecule has 1 aromatic rings. The van der Waals surface area contributed by atoms with E-state index in [0.717, 1.165) is 61.6 Å². The molecular weight excluding hydrogens is 266 g/mol. The SMILES string of the molecule is CCOC1(c2nc3c(c(=O)[nH]2)CCNC3)CCC(C)CC1. The van der Waals surface area contributed by atoms with Crippen LogP contribution in [-0.2, 0) is 23.3 Å². The number of rotatable bonds is 3. The first kappa shape index (κ1) is 14.7. The van der Waals surface area contributed by atoms with Gasteiger partial charge in [0.05, 0.1) is 5.69 Å². The maximum Gasteiger partial charge on any atom is 0.254 e. The van der Waals surface area contributed by atoms with Gasteiger partial charge in [0.25, 0.3) is 5.56 Å². The van der Waals surface area contributed by atoms with Gasteiger partial charge in [-0.05, 0) is 51.5 Å². The van der Waals surface area contributed by atoms with Crippen LogP contribution < -0.4 is 10.9 Å². The number of hydrogen-bond acceptors (Lipinski definition) is 4. The van der Waals surface area contributed by atoms with E-state index in [1.165, 1.54) is 0 Å². The van der Waals surface area contributed by atoms with E-state index >= 15 is 0 Å². The van der Waals surface area contributed by atoms with Gasteiger partial charge in [0.2, 0.25) is 0 Å². The van der Waals surface area contributed by atoms with Crippen molar-refractivity contribution in [1.82, 2.24) is 15.3 Å². The number of aromatic amines is 1. The van der Waals surface area contributed by atoms with Gasteiger partial charge in [0.15, 0.2) is 0 Å². The van der Waals surface area contributed by atoms with Crippen LogP contribution in [0.15, 0.2) is 4.79 Å². The number of hydrogen-bond donors (Lipinski definition) is 2. The smallest absolute Gasteiger partial charge is 0.254 e. The quantitative estimate of drug-likeness (QED) is 0.892. The van der Waals surface area contributed by atoms with Crippen molar-refractivity contribution in [3.63, 3.8) is 0 Å². The maximum absolute atomic E-state index is 12.4. The summed E-state index contributed by atoms with van der Waals surface area (Å²) in [6.45, 7) is 6.48. The molecule has 0 bridgehead atoms. The van der Waals surface area contributed by atoms with E-state index in [-0.39, 0.29) is 5.56 Å². The van der Waals surface area contributed by atoms with Gasteiger partial charge in [-0.2, -0.15) is 0 Å². The summed E-state index contributed by atoms with van der Waals surface area (Å²) in [5.41, 5.74) is 1.37. The molecule has 0 saturated heterocycles. The van der Waals surface area contributed by atoms with Crippen LogP contribution in [0.3, 0.4) is 0 Å². The number of nitrogens with zero attached hydrogens (tertiary/aromatic N) is 1. The van der Waals surface area contributed by atoms with Gasteiger partial charge >= 0.3 is 0 Å². The highest BCUT2D eigenvalue weighted by molar-refractivity contribution is 5.22. The largest absolute Gasteiger partial charge is 0.367 e. The molecule has 1 aliphatic heterocycles. The van der Waals surface area contributed by atoms with Gasteiger partial charge in [-0.1, -0.05) is 6.92 Å². The predicted molar refractivity (Wildman–Crippen MR) is 81.2 cm³/mol. The summed E-state index contributed by atoms with van der Waals surface area (Å²) in [4.78, 5) is 20.2. The topological polar surface area (TPSA) is 67.0 Å². The summed E-state index contributed by atoms with van der Waals surface area (Å²) in [7, 11) is 0. The second-order valence-corrected chi connectivity index (χ2v) is 6.38. The third kappa shape index (κ3) is 2.77. The average Bonchev–Trinajstić information content (AvgIpc) is 2.50. The first-order valence-electron chi connectivity index (χ1n) is 8.12. The van der Waals surface area contributed by atoms with Crippen LogP contribution in [0, 0.1) is 5.92 Å². The molecule has 1 fully saturated rings. The van der Waals surface area contributed by atoms with Crippen LogP contribution in [0.2, 0.25) is 0 Å². The maximum atomic E-state index is 12.4. The monoisotopic (exact) mass is 291 g/mol. The van der Waals surface area contributed by atoms with E-state index in [1.54, 1.807) is 0 Å². The fourth-order valence-corrected chi connectivity index (χ4v) is 3.54. The van der Waals surface area contributed by atoms with Crippen LogP contribution in [0.1, 0.15) is 56.6 Å². The van der Waals surface area contributed by atoms with Crippen molar-refractivity contribution in [2.75, 3.05) is 13.2 Å². The molecule has 5 heteroatoms. The Morgan fingerprint density at radius 2 is 2.14 bits per heavy atom. The molecule has 5 nitrogen and oxygen atoms in total. The molecule has 1 aromatic heterocycles. The number of fused-ring (bicyclic) bond motifs is 1. The molecule has 0 aromatic carbocycles. The lowest BCUT2D eigenvalue weighted by atomic mass is 9.78. The van der Waals surface area contributed by atoms with Crippen LogP contribution in [-0.4, -0.2) is 23.1 Å². The summed E-state index contributed by atoms with van der Waals surface area (Å²) in [5, 5.41) is 3.29. The van der Waals surface area contributed by atoms with Gasteiger partial charge in [-0.25, -0.2) is 4.98 Å². The van der Waals surface area contributed by atoms with Gasteiger partial charge in [0, 0.05) is 18.7 Å². The van der Waals surface area contributed by atoms with Crippen LogP contribution in [0.4, 0.5) is 0 Å². The van der Waals surface area contributed by atoms with E-state index < -0.39 is 5.60 Å². The van der Waals surface area contributed by atoms with E-state index in [4.69, 9.17) is 9.72 Å². The lowest BCUT2D eigenvalue weighted by Gasteiger charge is -2.38. The third-order valence-corrected chi connectivity index (χ3v) is 4.88. The molecule has 116 valence electrons. The first-order valence-corrected chi connectivity index (χ1v) is 8.12. The van der Waals surface area contributed by atoms with E-state index in [9.17, 15) is 4.79 Å². The lowest BCUT2D eigenvalue weighted by Crippen LogP contribution is -2.40. The Kier molecular flexibility index (Phi) is 4.13. The van der Waals surface area contributed by atoms with Crippen LogP contribution in [0.5, 0.6) is 0 Å². The van der Waals surface area contributed by atoms with E-state index in [1.807, 2.05) is 6.92 Å². The molecule has 0 unspecified atom stereocenters. The number of ether oxygens (including phenoxy) is 1. The summed E-state index contributed by atoms with van der Waals surface area (Å²) in [5.74, 6) is 1.47. The molecule has 0 amide bonds. The molecule has 2 heterocycles. The van der Waals surface area contributed by atoms with Gasteiger partial charge in [0.1, 0.15) is 11.4 Å². The minimum absolute atomic E-state index is 0.0224. The van der Waals surface area contributed by atoms with Crippen molar-refractivity contribution >= 4 is 0 Å². The third-order valence-electron chi connectivity index (χ3n) is 4.88. The summed E-state index contributed by atoms with van der Waals surface area (Å²) in [6.07, 6.45) is 4.89. The summed E-state index contributed by atoms with van der Waals surface area (Å²) in [6, 6.07) is 0. The summed E-state index contributed by atoms with van der Waals surface area (Å²) < 4.78 is 6.10. The minimum atomic E-state index is -0.396. The van der Waals surface area contributed by atoms with E-state index in [2.05, 4.69) is 17.2 Å². The predicted octanol–water partition coefficient (Wildman–Crippen LogP) is 1.86. The van der Waals surface area contributed by atoms with Crippen molar-refractivity contribution in [1.29, 1.82) is 0 Å². The van der Waals surface area contributed by atoms with Gasteiger partial charge in [-0.15, -0.1) is 0 Å². The Balaban J connectivity index is 2.00. The molecule has 21 heavy (non-hydrogen) atoms. The minimum Gasteiger partial charge on any atom is -0.367 e. The Morgan fingerprint density at radius 1 is 1.38 bits per heavy atom. The van der Waals surface area contributed by atoms with Gasteiger partial charge < -0.3 is 15.0 Å². The molecular formula is C16H25N3O2. The Hall–Kier alpha value is -1.20. The van der Waals surface area contributed by atoms with E-state index in [0.29, 0.717) is 13.2 Å². The second kappa shape index (κ2) is 5.89. The molecule has 0 spiro atoms. The van der Waals surface area contributed by atoms with Crippen LogP contribution in [0.25, 0.3) is 0 Å². The zero-order chi connectivity index (χ0) is 14.9. The van der Waals surface area contributed by atoms with Crippen molar-refractivity contribution in [2.45, 2.75) is 58.1 Å².